The van der Waals surface area contributed by atoms with Gasteiger partial charge in [-0.15, -0.1) is 0 Å². The van der Waals surface area contributed by atoms with E-state index in [4.69, 9.17) is 14.2 Å². The maximum absolute atomic E-state index is 14.7. The number of Topliss-reactive ketones (excluding diaryl/α,β-unsaturated/α-hetero) is 1. The monoisotopic (exact) mass is 639 g/mol. The highest BCUT2D eigenvalue weighted by molar-refractivity contribution is 14.1. The summed E-state index contributed by atoms with van der Waals surface area (Å²) in [4.78, 5) is 28.2. The number of rotatable bonds is 2. The summed E-state index contributed by atoms with van der Waals surface area (Å²) in [6, 6.07) is 0. The molecule has 37 heavy (non-hydrogen) atoms. The van der Waals surface area contributed by atoms with Gasteiger partial charge in [0.15, 0.2) is 23.3 Å². The fourth-order valence-corrected chi connectivity index (χ4v) is 9.57. The van der Waals surface area contributed by atoms with Crippen molar-refractivity contribution in [3.05, 3.63) is 37.4 Å². The van der Waals surface area contributed by atoms with Gasteiger partial charge in [0.2, 0.25) is 0 Å². The second kappa shape index (κ2) is 7.96. The molecule has 0 radical (unpaired) electrons. The number of hydrogen-bond acceptors (Lipinski definition) is 8. The van der Waals surface area contributed by atoms with Crippen molar-refractivity contribution in [2.24, 2.45) is 34.5 Å². The Morgan fingerprint density at radius 2 is 1.97 bits per heavy atom. The fourth-order valence-electron chi connectivity index (χ4n) is 8.04. The molecule has 1 aromatic heterocycles. The molecule has 8 atom stereocenters. The van der Waals surface area contributed by atoms with E-state index in [1.807, 2.05) is 32.9 Å². The van der Waals surface area contributed by atoms with Crippen LogP contribution in [0.2, 0.25) is 0 Å². The van der Waals surface area contributed by atoms with Gasteiger partial charge in [0.25, 0.3) is 0 Å². The van der Waals surface area contributed by atoms with Gasteiger partial charge in [-0.25, -0.2) is 4.79 Å². The van der Waals surface area contributed by atoms with E-state index in [9.17, 15) is 14.7 Å². The third-order valence-electron chi connectivity index (χ3n) is 9.92. The van der Waals surface area contributed by atoms with Crippen molar-refractivity contribution < 1.29 is 28.9 Å². The van der Waals surface area contributed by atoms with Crippen LogP contribution in [0.4, 0.5) is 0 Å². The van der Waals surface area contributed by atoms with E-state index < -0.39 is 35.0 Å². The van der Waals surface area contributed by atoms with Crippen molar-refractivity contribution in [2.75, 3.05) is 6.61 Å². The molecule has 9 heteroatoms. The number of halogens is 1. The molecular formula is C28H34INO6S. The third-order valence-corrected chi connectivity index (χ3v) is 11.8. The van der Waals surface area contributed by atoms with Gasteiger partial charge in [0, 0.05) is 5.92 Å². The molecule has 0 amide bonds. The van der Waals surface area contributed by atoms with Gasteiger partial charge < -0.3 is 19.3 Å². The number of fused-ring (bicyclic) bond motifs is 5. The molecule has 0 unspecified atom stereocenters. The highest BCUT2D eigenvalue weighted by Crippen LogP contribution is 2.72. The number of ether oxygens (including phenoxy) is 3. The summed E-state index contributed by atoms with van der Waals surface area (Å²) >= 11 is 3.32. The summed E-state index contributed by atoms with van der Waals surface area (Å²) in [6.45, 7) is 14.0. The van der Waals surface area contributed by atoms with Gasteiger partial charge in [-0.2, -0.15) is 4.37 Å². The van der Waals surface area contributed by atoms with Gasteiger partial charge >= 0.3 is 5.97 Å². The SMILES string of the molecule is CC1=C[C@]23C(=O)[C@@H](C=C4COC(C)(C)O[C@H]4[C@]2(O)[C@H]1OC(=O)c1c(C)nsc1I)[C@H]1[C@@H](C[C@H]3C)C1(C)C. The van der Waals surface area contributed by atoms with Gasteiger partial charge in [0.1, 0.15) is 14.6 Å². The molecule has 5 aliphatic rings. The Labute approximate surface area is 235 Å². The molecule has 1 saturated heterocycles. The van der Waals surface area contributed by atoms with Crippen LogP contribution in [0.3, 0.4) is 0 Å². The predicted octanol–water partition coefficient (Wildman–Crippen LogP) is 4.85. The number of esters is 1. The standard InChI is InChI=1S/C28H34INO6S/c1-12-10-27-13(2)8-17-19(25(17,4)5)16(20(27)31)9-15-11-34-26(6,7)36-22(15)28(27,33)21(12)35-24(32)18-14(3)30-37-23(18)29/h9-10,13,16-17,19,21-22,33H,8,11H2,1-7H3/t13-,16+,17-,19+,21+,22-,27+,28-/m1/s1. The summed E-state index contributed by atoms with van der Waals surface area (Å²) in [5.74, 6) is -1.47. The number of carbonyl (C=O) groups excluding carboxylic acids is 2. The summed E-state index contributed by atoms with van der Waals surface area (Å²) < 4.78 is 23.7. The Bertz CT molecular complexity index is 1260. The van der Waals surface area contributed by atoms with E-state index in [-0.39, 0.29) is 35.6 Å². The van der Waals surface area contributed by atoms with Crippen LogP contribution >= 0.6 is 34.1 Å². The number of allylic oxidation sites excluding steroid dienone is 1. The predicted molar refractivity (Wildman–Crippen MR) is 146 cm³/mol. The zero-order valence-electron chi connectivity index (χ0n) is 22.3. The summed E-state index contributed by atoms with van der Waals surface area (Å²) in [6.07, 6.45) is 2.83. The lowest BCUT2D eigenvalue weighted by Crippen LogP contribution is -2.68. The number of hydrogen-bond donors (Lipinski definition) is 1. The van der Waals surface area contributed by atoms with E-state index in [0.717, 1.165) is 14.9 Å². The van der Waals surface area contributed by atoms with Crippen molar-refractivity contribution >= 4 is 45.9 Å². The number of ketones is 1. The van der Waals surface area contributed by atoms with Gasteiger partial charge in [-0.3, -0.25) is 4.79 Å². The molecule has 2 saturated carbocycles. The van der Waals surface area contributed by atoms with E-state index in [0.29, 0.717) is 22.7 Å². The first-order valence-electron chi connectivity index (χ1n) is 13.0. The minimum absolute atomic E-state index is 0.00439. The molecular weight excluding hydrogens is 605 g/mol. The first-order chi connectivity index (χ1) is 17.2. The van der Waals surface area contributed by atoms with Crippen LogP contribution < -0.4 is 0 Å². The van der Waals surface area contributed by atoms with Gasteiger partial charge in [-0.05, 0) is 103 Å². The molecule has 1 aromatic rings. The Morgan fingerprint density at radius 1 is 1.27 bits per heavy atom. The lowest BCUT2D eigenvalue weighted by Gasteiger charge is -2.52. The molecule has 1 aliphatic heterocycles. The first kappa shape index (κ1) is 26.1. The topological polar surface area (TPSA) is 95.0 Å². The van der Waals surface area contributed by atoms with Crippen LogP contribution in [0.15, 0.2) is 23.3 Å². The van der Waals surface area contributed by atoms with Crippen LogP contribution in [-0.2, 0) is 19.0 Å². The van der Waals surface area contributed by atoms with Crippen LogP contribution in [0.1, 0.15) is 64.0 Å². The van der Waals surface area contributed by atoms with E-state index in [2.05, 4.69) is 47.7 Å². The van der Waals surface area contributed by atoms with Crippen LogP contribution in [0.5, 0.6) is 0 Å². The zero-order valence-corrected chi connectivity index (χ0v) is 25.2. The van der Waals surface area contributed by atoms with Crippen LogP contribution in [-0.4, -0.2) is 51.4 Å². The maximum Gasteiger partial charge on any atom is 0.342 e. The summed E-state index contributed by atoms with van der Waals surface area (Å²) in [7, 11) is 0. The molecule has 200 valence electrons. The average Bonchev–Trinajstić information content (AvgIpc) is 3.09. The molecule has 1 N–H and O–H groups in total. The van der Waals surface area contributed by atoms with Gasteiger partial charge in [-0.1, -0.05) is 32.9 Å². The number of nitrogens with zero attached hydrogens (tertiary/aromatic N) is 1. The van der Waals surface area contributed by atoms with Crippen molar-refractivity contribution in [1.29, 1.82) is 0 Å². The molecule has 0 aromatic carbocycles. The molecule has 1 spiro atoms. The quantitative estimate of drug-likeness (QED) is 0.281. The second-order valence-electron chi connectivity index (χ2n) is 12.7. The normalized spacial score (nSPS) is 42.9. The molecule has 4 aliphatic carbocycles. The largest absolute Gasteiger partial charge is 0.451 e. The average molecular weight is 640 g/mol. The number of aryl methyl sites for hydroxylation is 1. The third kappa shape index (κ3) is 3.30. The molecule has 7 nitrogen and oxygen atoms in total. The van der Waals surface area contributed by atoms with Crippen molar-refractivity contribution in [3.63, 3.8) is 0 Å². The Morgan fingerprint density at radius 3 is 2.62 bits per heavy atom. The van der Waals surface area contributed by atoms with Crippen molar-refractivity contribution in [3.8, 4) is 0 Å². The number of carbonyl (C=O) groups is 2. The van der Waals surface area contributed by atoms with Crippen LogP contribution in [0.25, 0.3) is 0 Å². The smallest absolute Gasteiger partial charge is 0.342 e. The van der Waals surface area contributed by atoms with Crippen molar-refractivity contribution in [2.45, 2.75) is 78.5 Å². The lowest BCUT2D eigenvalue weighted by atomic mass is 9.59. The zero-order chi connectivity index (χ0) is 26.9. The highest BCUT2D eigenvalue weighted by atomic mass is 127. The van der Waals surface area contributed by atoms with E-state index in [1.165, 1.54) is 11.5 Å². The van der Waals surface area contributed by atoms with E-state index >= 15 is 0 Å². The van der Waals surface area contributed by atoms with Gasteiger partial charge in [0.05, 0.1) is 17.7 Å². The minimum atomic E-state index is -1.81. The maximum atomic E-state index is 14.7. The minimum Gasteiger partial charge on any atom is -0.451 e. The Hall–Kier alpha value is -1.14. The Kier molecular flexibility index (Phi) is 5.62. The van der Waals surface area contributed by atoms with Crippen molar-refractivity contribution in [1.82, 2.24) is 4.37 Å². The highest BCUT2D eigenvalue weighted by Gasteiger charge is 2.77. The summed E-state index contributed by atoms with van der Waals surface area (Å²) in [5.41, 5.74) is -0.589. The number of aromatic nitrogens is 1. The molecule has 2 bridgehead atoms. The summed E-state index contributed by atoms with van der Waals surface area (Å²) in [5, 5.41) is 13.0. The number of aliphatic hydroxyl groups is 1. The second-order valence-corrected chi connectivity index (χ2v) is 15.3. The van der Waals surface area contributed by atoms with Crippen LogP contribution in [0, 0.1) is 44.3 Å². The van der Waals surface area contributed by atoms with E-state index in [1.54, 1.807) is 6.92 Å². The molecule has 2 heterocycles. The Balaban J connectivity index is 1.53. The fraction of sp³-hybridized carbons (Fsp3) is 0.679. The first-order valence-corrected chi connectivity index (χ1v) is 14.8. The molecule has 3 fully saturated rings. The molecule has 6 rings (SSSR count). The lowest BCUT2D eigenvalue weighted by molar-refractivity contribution is -0.302.